The van der Waals surface area contributed by atoms with E-state index in [4.69, 9.17) is 4.42 Å². The molecule has 1 N–H and O–H groups in total. The molecule has 4 heterocycles. The Labute approximate surface area is 156 Å². The lowest BCUT2D eigenvalue weighted by Gasteiger charge is -2.55. The average Bonchev–Trinajstić information content (AvgIpc) is 3.14. The Kier molecular flexibility index (Phi) is 3.79. The van der Waals surface area contributed by atoms with Crippen LogP contribution in [0.5, 0.6) is 0 Å². The third-order valence-corrected chi connectivity index (χ3v) is 6.28. The molecule has 7 heteroatoms. The molecule has 3 aliphatic heterocycles. The van der Waals surface area contributed by atoms with E-state index in [1.807, 2.05) is 0 Å². The van der Waals surface area contributed by atoms with Gasteiger partial charge in [-0.1, -0.05) is 12.1 Å². The predicted molar refractivity (Wildman–Crippen MR) is 98.2 cm³/mol. The van der Waals surface area contributed by atoms with Crippen molar-refractivity contribution in [3.63, 3.8) is 0 Å². The number of carbonyl (C=O) groups excluding carboxylic acids is 1. The lowest BCUT2D eigenvalue weighted by atomic mass is 9.65. The number of benzene rings is 1. The first kappa shape index (κ1) is 16.5. The second-order valence-corrected chi connectivity index (χ2v) is 8.01. The molecule has 4 aliphatic rings. The van der Waals surface area contributed by atoms with Gasteiger partial charge in [-0.2, -0.15) is 0 Å². The number of para-hydroxylation sites is 1. The van der Waals surface area contributed by atoms with Gasteiger partial charge in [0.15, 0.2) is 5.76 Å². The minimum atomic E-state index is -0.443. The molecule has 1 saturated carbocycles. The Bertz CT molecular complexity index is 878. The fraction of sp³-hybridized carbons (Fsp3) is 0.450. The molecule has 4 fully saturated rings. The zero-order chi connectivity index (χ0) is 18.5. The van der Waals surface area contributed by atoms with Gasteiger partial charge in [0.05, 0.1) is 10.5 Å². The van der Waals surface area contributed by atoms with Crippen LogP contribution in [0.15, 0.2) is 40.8 Å². The maximum atomic E-state index is 12.7. The van der Waals surface area contributed by atoms with E-state index < -0.39 is 4.92 Å². The van der Waals surface area contributed by atoms with E-state index in [0.29, 0.717) is 23.2 Å². The molecular formula is C20H21N3O4. The molecule has 0 spiro atoms. The van der Waals surface area contributed by atoms with Crippen LogP contribution < -0.4 is 5.32 Å². The number of hydrogen-bond donors (Lipinski definition) is 1. The maximum Gasteiger partial charge on any atom is 0.287 e. The Balaban J connectivity index is 1.35. The molecule has 2 atom stereocenters. The minimum absolute atomic E-state index is 0.0334. The Morgan fingerprint density at radius 1 is 1.11 bits per heavy atom. The van der Waals surface area contributed by atoms with E-state index in [0.717, 1.165) is 19.0 Å². The first-order valence-corrected chi connectivity index (χ1v) is 9.45. The van der Waals surface area contributed by atoms with E-state index in [1.54, 1.807) is 30.3 Å². The van der Waals surface area contributed by atoms with Crippen molar-refractivity contribution in [2.75, 3.05) is 19.6 Å². The third-order valence-electron chi connectivity index (χ3n) is 6.28. The fourth-order valence-electron chi connectivity index (χ4n) is 5.31. The highest BCUT2D eigenvalue weighted by molar-refractivity contribution is 5.92. The Morgan fingerprint density at radius 3 is 2.56 bits per heavy atom. The molecule has 1 amide bonds. The van der Waals surface area contributed by atoms with Crippen molar-refractivity contribution in [3.05, 3.63) is 52.3 Å². The van der Waals surface area contributed by atoms with E-state index in [1.165, 1.54) is 25.5 Å². The van der Waals surface area contributed by atoms with Crippen molar-refractivity contribution in [2.45, 2.75) is 18.9 Å². The molecule has 2 unspecified atom stereocenters. The largest absolute Gasteiger partial charge is 0.451 e. The monoisotopic (exact) mass is 367 g/mol. The van der Waals surface area contributed by atoms with Crippen molar-refractivity contribution in [3.8, 4) is 11.3 Å². The van der Waals surface area contributed by atoms with Crippen molar-refractivity contribution in [1.29, 1.82) is 0 Å². The summed E-state index contributed by atoms with van der Waals surface area (Å²) in [6.07, 6.45) is 2.38. The predicted octanol–water partition coefficient (Wildman–Crippen LogP) is 2.92. The summed E-state index contributed by atoms with van der Waals surface area (Å²) in [5.41, 5.74) is 0.345. The number of piperidine rings is 3. The van der Waals surface area contributed by atoms with Crippen molar-refractivity contribution in [2.24, 2.45) is 17.8 Å². The third kappa shape index (κ3) is 2.82. The zero-order valence-corrected chi connectivity index (χ0v) is 14.8. The minimum Gasteiger partial charge on any atom is -0.451 e. The van der Waals surface area contributed by atoms with Crippen LogP contribution in [-0.4, -0.2) is 41.4 Å². The number of nitro benzene ring substituents is 1. The molecule has 140 valence electrons. The SMILES string of the molecule is O=C(NC1C2CC3CC1CN(C3)C2)c1ccc(-c2ccccc2[N+](=O)[O-])o1. The summed E-state index contributed by atoms with van der Waals surface area (Å²) in [6.45, 7) is 3.35. The van der Waals surface area contributed by atoms with E-state index in [2.05, 4.69) is 10.2 Å². The van der Waals surface area contributed by atoms with Crippen molar-refractivity contribution < 1.29 is 14.1 Å². The summed E-state index contributed by atoms with van der Waals surface area (Å²) in [6, 6.07) is 9.81. The van der Waals surface area contributed by atoms with Gasteiger partial charge >= 0.3 is 0 Å². The summed E-state index contributed by atoms with van der Waals surface area (Å²) >= 11 is 0. The van der Waals surface area contributed by atoms with Crippen LogP contribution in [0.2, 0.25) is 0 Å². The van der Waals surface area contributed by atoms with Crippen LogP contribution in [0.3, 0.4) is 0 Å². The van der Waals surface area contributed by atoms with E-state index in [9.17, 15) is 14.9 Å². The quantitative estimate of drug-likeness (QED) is 0.663. The van der Waals surface area contributed by atoms with Gasteiger partial charge < -0.3 is 14.6 Å². The van der Waals surface area contributed by atoms with Crippen LogP contribution in [0.1, 0.15) is 23.4 Å². The summed E-state index contributed by atoms with van der Waals surface area (Å²) in [4.78, 5) is 26.0. The molecule has 27 heavy (non-hydrogen) atoms. The zero-order valence-electron chi connectivity index (χ0n) is 14.8. The normalized spacial score (nSPS) is 31.0. The van der Waals surface area contributed by atoms with E-state index in [-0.39, 0.29) is 23.4 Å². The molecule has 7 nitrogen and oxygen atoms in total. The molecule has 1 aromatic carbocycles. The van der Waals surface area contributed by atoms with Gasteiger partial charge in [0.1, 0.15) is 5.76 Å². The van der Waals surface area contributed by atoms with Gasteiger partial charge in [0.2, 0.25) is 0 Å². The highest BCUT2D eigenvalue weighted by Crippen LogP contribution is 2.43. The Hall–Kier alpha value is -2.67. The topological polar surface area (TPSA) is 88.6 Å². The number of amides is 1. The number of hydrogen-bond acceptors (Lipinski definition) is 5. The number of nitrogens with one attached hydrogen (secondary N) is 1. The first-order chi connectivity index (χ1) is 13.1. The van der Waals surface area contributed by atoms with Crippen molar-refractivity contribution >= 4 is 11.6 Å². The van der Waals surface area contributed by atoms with Crippen molar-refractivity contribution in [1.82, 2.24) is 10.2 Å². The van der Waals surface area contributed by atoms with Crippen LogP contribution in [-0.2, 0) is 0 Å². The van der Waals surface area contributed by atoms with Gasteiger partial charge in [0, 0.05) is 31.7 Å². The first-order valence-electron chi connectivity index (χ1n) is 9.45. The van der Waals surface area contributed by atoms with Crippen LogP contribution >= 0.6 is 0 Å². The number of nitro groups is 1. The van der Waals surface area contributed by atoms with Crippen LogP contribution in [0.4, 0.5) is 5.69 Å². The van der Waals surface area contributed by atoms with Crippen LogP contribution in [0, 0.1) is 27.9 Å². The standard InChI is InChI=1S/C20H21N3O4/c24-20(21-19-13-7-12-8-14(19)11-22(9-12)10-13)18-6-5-17(27-18)15-3-1-2-4-16(15)23(25)26/h1-6,12-14,19H,7-11H2,(H,21,24). The second-order valence-electron chi connectivity index (χ2n) is 8.01. The lowest BCUT2D eigenvalue weighted by molar-refractivity contribution is -0.384. The second kappa shape index (κ2) is 6.20. The molecule has 1 aliphatic carbocycles. The molecule has 1 aromatic heterocycles. The number of furan rings is 1. The molecule has 6 rings (SSSR count). The van der Waals surface area contributed by atoms with Gasteiger partial charge in [-0.3, -0.25) is 14.9 Å². The molecule has 2 aromatic rings. The maximum absolute atomic E-state index is 12.7. The number of carbonyl (C=O) groups is 1. The van der Waals surface area contributed by atoms with E-state index >= 15 is 0 Å². The smallest absolute Gasteiger partial charge is 0.287 e. The van der Waals surface area contributed by atoms with Gasteiger partial charge in [-0.05, 0) is 48.8 Å². The number of nitrogens with zero attached hydrogens (tertiary/aromatic N) is 2. The molecule has 3 saturated heterocycles. The lowest BCUT2D eigenvalue weighted by Crippen LogP contribution is -2.64. The van der Waals surface area contributed by atoms with Gasteiger partial charge in [0.25, 0.3) is 11.6 Å². The van der Waals surface area contributed by atoms with Gasteiger partial charge in [-0.15, -0.1) is 0 Å². The molecule has 0 radical (unpaired) electrons. The summed E-state index contributed by atoms with van der Waals surface area (Å²) in [5.74, 6) is 2.13. The molecular weight excluding hydrogens is 346 g/mol. The average molecular weight is 367 g/mol. The summed E-state index contributed by atoms with van der Waals surface area (Å²) < 4.78 is 5.69. The number of rotatable bonds is 4. The fourth-order valence-corrected chi connectivity index (χ4v) is 5.31. The molecule has 4 bridgehead atoms. The summed E-state index contributed by atoms with van der Waals surface area (Å²) in [7, 11) is 0. The van der Waals surface area contributed by atoms with Crippen LogP contribution in [0.25, 0.3) is 11.3 Å². The Morgan fingerprint density at radius 2 is 1.85 bits per heavy atom. The highest BCUT2D eigenvalue weighted by Gasteiger charge is 2.48. The van der Waals surface area contributed by atoms with Gasteiger partial charge in [-0.25, -0.2) is 0 Å². The highest BCUT2D eigenvalue weighted by atomic mass is 16.6. The summed E-state index contributed by atoms with van der Waals surface area (Å²) in [5, 5.41) is 14.4.